The van der Waals surface area contributed by atoms with E-state index in [-0.39, 0.29) is 23.5 Å². The van der Waals surface area contributed by atoms with Gasteiger partial charge >= 0.3 is 5.97 Å². The lowest BCUT2D eigenvalue weighted by atomic mass is 9.62. The second-order valence-corrected chi connectivity index (χ2v) is 7.12. The zero-order valence-electron chi connectivity index (χ0n) is 13.3. The Morgan fingerprint density at radius 3 is 2.12 bits per heavy atom. The third-order valence-corrected chi connectivity index (χ3v) is 5.80. The Morgan fingerprint density at radius 1 is 1.00 bits per heavy atom. The maximum Gasteiger partial charge on any atom is 0.307 e. The Bertz CT molecular complexity index is 751. The van der Waals surface area contributed by atoms with Gasteiger partial charge in [-0.25, -0.2) is 0 Å². The van der Waals surface area contributed by atoms with Crippen molar-refractivity contribution in [3.8, 4) is 0 Å². The van der Waals surface area contributed by atoms with Gasteiger partial charge in [0.2, 0.25) is 5.91 Å². The van der Waals surface area contributed by atoms with E-state index in [1.807, 2.05) is 12.2 Å². The Labute approximate surface area is 139 Å². The van der Waals surface area contributed by atoms with Crippen LogP contribution in [0.15, 0.2) is 36.4 Å². The van der Waals surface area contributed by atoms with Gasteiger partial charge in [0, 0.05) is 11.3 Å². The molecule has 1 aromatic rings. The molecule has 0 spiro atoms. The minimum atomic E-state index is -0.883. The number of rotatable bonds is 4. The summed E-state index contributed by atoms with van der Waals surface area (Å²) in [6, 6.07) is 6.69. The molecule has 4 aliphatic carbocycles. The predicted octanol–water partition coefficient (Wildman–Crippen LogP) is 2.60. The second-order valence-electron chi connectivity index (χ2n) is 7.12. The van der Waals surface area contributed by atoms with Gasteiger partial charge in [-0.3, -0.25) is 14.4 Å². The fraction of sp³-hybridized carbons (Fsp3) is 0.421. The van der Waals surface area contributed by atoms with Crippen LogP contribution in [0, 0.1) is 35.5 Å². The molecular formula is C19H19NO4. The molecule has 2 bridgehead atoms. The summed E-state index contributed by atoms with van der Waals surface area (Å²) in [4.78, 5) is 35.8. The molecule has 6 unspecified atom stereocenters. The van der Waals surface area contributed by atoms with Crippen molar-refractivity contribution in [3.63, 3.8) is 0 Å². The number of anilines is 1. The number of carbonyl (C=O) groups is 3. The molecule has 1 amide bonds. The summed E-state index contributed by atoms with van der Waals surface area (Å²) in [6.07, 6.45) is 5.08. The van der Waals surface area contributed by atoms with Crippen LogP contribution in [0.2, 0.25) is 0 Å². The van der Waals surface area contributed by atoms with Crippen molar-refractivity contribution in [3.05, 3.63) is 42.0 Å². The van der Waals surface area contributed by atoms with Crippen LogP contribution in [-0.2, 0) is 9.59 Å². The van der Waals surface area contributed by atoms with Crippen molar-refractivity contribution < 1.29 is 19.5 Å². The number of ketones is 1. The fourth-order valence-electron chi connectivity index (χ4n) is 4.58. The second kappa shape index (κ2) is 5.30. The average Bonchev–Trinajstić information content (AvgIpc) is 3.36. The van der Waals surface area contributed by atoms with E-state index in [4.69, 9.17) is 0 Å². The number of allylic oxidation sites excluding steroid dienone is 2. The highest BCUT2D eigenvalue weighted by atomic mass is 16.4. The van der Waals surface area contributed by atoms with E-state index in [2.05, 4.69) is 5.32 Å². The molecule has 2 saturated carbocycles. The molecule has 0 aromatic heterocycles. The van der Waals surface area contributed by atoms with E-state index < -0.39 is 17.8 Å². The van der Waals surface area contributed by atoms with Crippen molar-refractivity contribution in [2.45, 2.75) is 13.3 Å². The normalized spacial score (nSPS) is 35.2. The number of fused-ring (bicyclic) bond motifs is 1. The summed E-state index contributed by atoms with van der Waals surface area (Å²) < 4.78 is 0. The van der Waals surface area contributed by atoms with Gasteiger partial charge < -0.3 is 10.4 Å². The summed E-state index contributed by atoms with van der Waals surface area (Å²) in [6.45, 7) is 1.49. The van der Waals surface area contributed by atoms with Crippen LogP contribution in [0.4, 0.5) is 5.69 Å². The molecule has 0 saturated heterocycles. The highest BCUT2D eigenvalue weighted by Crippen LogP contribution is 2.63. The van der Waals surface area contributed by atoms with E-state index in [9.17, 15) is 19.5 Å². The number of carbonyl (C=O) groups excluding carboxylic acids is 2. The van der Waals surface area contributed by atoms with Crippen LogP contribution in [-0.4, -0.2) is 22.8 Å². The number of nitrogens with one attached hydrogen (secondary N) is 1. The van der Waals surface area contributed by atoms with Crippen LogP contribution < -0.4 is 5.32 Å². The lowest BCUT2D eigenvalue weighted by molar-refractivity contribution is -0.152. The molecule has 1 aromatic carbocycles. The standard InChI is InChI=1S/C19H19NO4/c1-9(21)10-2-4-11(5-3-10)20-18(22)16-12-6-7-13(15-8-14(12)15)17(16)19(23)24/h2-7,12-17H,8H2,1H3,(H,20,22)(H,23,24). The van der Waals surface area contributed by atoms with Gasteiger partial charge in [-0.1, -0.05) is 12.2 Å². The first-order chi connectivity index (χ1) is 11.5. The van der Waals surface area contributed by atoms with Gasteiger partial charge in [0.1, 0.15) is 0 Å². The first-order valence-electron chi connectivity index (χ1n) is 8.30. The number of carboxylic acids is 1. The van der Waals surface area contributed by atoms with Gasteiger partial charge in [-0.05, 0) is 61.3 Å². The largest absolute Gasteiger partial charge is 0.481 e. The molecular weight excluding hydrogens is 306 g/mol. The molecule has 124 valence electrons. The molecule has 0 heterocycles. The molecule has 0 aliphatic heterocycles. The lowest BCUT2D eigenvalue weighted by Crippen LogP contribution is -2.48. The minimum absolute atomic E-state index is 0.0201. The Kier molecular flexibility index (Phi) is 3.34. The Balaban J connectivity index is 1.56. The zero-order chi connectivity index (χ0) is 17.0. The Hall–Kier alpha value is -2.43. The van der Waals surface area contributed by atoms with Crippen LogP contribution in [0.5, 0.6) is 0 Å². The summed E-state index contributed by atoms with van der Waals surface area (Å²) in [5, 5.41) is 12.5. The summed E-state index contributed by atoms with van der Waals surface area (Å²) in [5.41, 5.74) is 1.17. The molecule has 5 heteroatoms. The molecule has 2 fully saturated rings. The maximum absolute atomic E-state index is 12.8. The molecule has 0 radical (unpaired) electrons. The number of carboxylic acid groups (broad SMARTS) is 1. The van der Waals surface area contributed by atoms with Gasteiger partial charge in [-0.15, -0.1) is 0 Å². The molecule has 5 nitrogen and oxygen atoms in total. The van der Waals surface area contributed by atoms with Gasteiger partial charge in [-0.2, -0.15) is 0 Å². The summed E-state index contributed by atoms with van der Waals surface area (Å²) in [7, 11) is 0. The SMILES string of the molecule is CC(=O)c1ccc(NC(=O)C2C3C=CC(C4CC34)C2C(=O)O)cc1. The summed E-state index contributed by atoms with van der Waals surface area (Å²) in [5.74, 6) is -1.39. The zero-order valence-corrected chi connectivity index (χ0v) is 13.3. The number of Topliss-reactive ketones (excluding diaryl/α,β-unsaturated/α-hetero) is 1. The topological polar surface area (TPSA) is 83.5 Å². The maximum atomic E-state index is 12.8. The quantitative estimate of drug-likeness (QED) is 0.658. The van der Waals surface area contributed by atoms with Gasteiger partial charge in [0.05, 0.1) is 11.8 Å². The third kappa shape index (κ3) is 2.27. The predicted molar refractivity (Wildman–Crippen MR) is 87.4 cm³/mol. The Morgan fingerprint density at radius 2 is 1.58 bits per heavy atom. The number of amides is 1. The summed E-state index contributed by atoms with van der Waals surface area (Å²) >= 11 is 0. The van der Waals surface area contributed by atoms with Crippen molar-refractivity contribution in [2.24, 2.45) is 35.5 Å². The molecule has 5 rings (SSSR count). The molecule has 24 heavy (non-hydrogen) atoms. The highest BCUT2D eigenvalue weighted by molar-refractivity contribution is 5.97. The molecule has 2 N–H and O–H groups in total. The van der Waals surface area contributed by atoms with Gasteiger partial charge in [0.25, 0.3) is 0 Å². The number of hydrogen-bond donors (Lipinski definition) is 2. The fourth-order valence-corrected chi connectivity index (χ4v) is 4.58. The van der Waals surface area contributed by atoms with E-state index in [0.717, 1.165) is 6.42 Å². The van der Waals surface area contributed by atoms with E-state index >= 15 is 0 Å². The number of aliphatic carboxylic acids is 1. The van der Waals surface area contributed by atoms with Crippen LogP contribution in [0.25, 0.3) is 0 Å². The number of benzene rings is 1. The molecule has 6 atom stereocenters. The first-order valence-corrected chi connectivity index (χ1v) is 8.30. The monoisotopic (exact) mass is 325 g/mol. The van der Waals surface area contributed by atoms with Crippen LogP contribution in [0.1, 0.15) is 23.7 Å². The third-order valence-electron chi connectivity index (χ3n) is 5.80. The van der Waals surface area contributed by atoms with Crippen LogP contribution in [0.3, 0.4) is 0 Å². The van der Waals surface area contributed by atoms with Crippen LogP contribution >= 0.6 is 0 Å². The van der Waals surface area contributed by atoms with Crippen molar-refractivity contribution >= 4 is 23.3 Å². The smallest absolute Gasteiger partial charge is 0.307 e. The van der Waals surface area contributed by atoms with E-state index in [0.29, 0.717) is 23.1 Å². The van der Waals surface area contributed by atoms with Crippen molar-refractivity contribution in [1.82, 2.24) is 0 Å². The van der Waals surface area contributed by atoms with Crippen molar-refractivity contribution in [1.29, 1.82) is 0 Å². The average molecular weight is 325 g/mol. The first kappa shape index (κ1) is 15.1. The van der Waals surface area contributed by atoms with E-state index in [1.165, 1.54) is 6.92 Å². The minimum Gasteiger partial charge on any atom is -0.481 e. The van der Waals surface area contributed by atoms with Gasteiger partial charge in [0.15, 0.2) is 5.78 Å². The van der Waals surface area contributed by atoms with E-state index in [1.54, 1.807) is 24.3 Å². The van der Waals surface area contributed by atoms with Crippen molar-refractivity contribution in [2.75, 3.05) is 5.32 Å². The number of hydrogen-bond acceptors (Lipinski definition) is 3. The lowest BCUT2D eigenvalue weighted by Gasteiger charge is -2.41. The highest BCUT2D eigenvalue weighted by Gasteiger charge is 2.62. The molecule has 4 aliphatic rings.